The van der Waals surface area contributed by atoms with Gasteiger partial charge in [0, 0.05) is 18.4 Å². The predicted octanol–water partition coefficient (Wildman–Crippen LogP) is 6.21. The number of rotatable bonds is 4. The summed E-state index contributed by atoms with van der Waals surface area (Å²) in [5, 5.41) is 24.5. The van der Waals surface area contributed by atoms with Gasteiger partial charge in [-0.15, -0.1) is 0 Å². The van der Waals surface area contributed by atoms with Crippen molar-refractivity contribution in [2.24, 2.45) is 56.7 Å². The molecule has 0 aromatic rings. The van der Waals surface area contributed by atoms with Crippen LogP contribution in [0.15, 0.2) is 12.2 Å². The highest BCUT2D eigenvalue weighted by molar-refractivity contribution is 5.76. The Balaban J connectivity index is 1.53. The van der Waals surface area contributed by atoms with Crippen molar-refractivity contribution in [3.63, 3.8) is 0 Å². The molecule has 208 valence electrons. The lowest BCUT2D eigenvalue weighted by Gasteiger charge is -2.73. The highest BCUT2D eigenvalue weighted by atomic mass is 16.4. The fourth-order valence-corrected chi connectivity index (χ4v) is 12.0. The van der Waals surface area contributed by atoms with Crippen LogP contribution in [0.5, 0.6) is 0 Å². The zero-order chi connectivity index (χ0) is 27.2. The molecule has 5 saturated carbocycles. The SMILES string of the molecule is C=C(C)[C@@H]1CC[C@]2(C(=O)O)CC[C@]3(C)[C@H](CC[C@@H]4[C@@]5(C)CCC(NC(C)=O)[C@@](C)(CO)[C@@H]5CC[C@]43C)[C@@H]12. The molecule has 5 fully saturated rings. The van der Waals surface area contributed by atoms with Gasteiger partial charge < -0.3 is 15.5 Å². The van der Waals surface area contributed by atoms with Gasteiger partial charge in [-0.3, -0.25) is 9.59 Å². The van der Waals surface area contributed by atoms with Gasteiger partial charge in [0.05, 0.1) is 12.0 Å². The lowest BCUT2D eigenvalue weighted by molar-refractivity contribution is -0.244. The summed E-state index contributed by atoms with van der Waals surface area (Å²) in [4.78, 5) is 24.9. The van der Waals surface area contributed by atoms with Crippen LogP contribution in [0.2, 0.25) is 0 Å². The van der Waals surface area contributed by atoms with Crippen molar-refractivity contribution in [3.8, 4) is 0 Å². The molecule has 11 atom stereocenters. The average molecular weight is 514 g/mol. The fraction of sp³-hybridized carbons (Fsp3) is 0.875. The quantitative estimate of drug-likeness (QED) is 0.390. The van der Waals surface area contributed by atoms with Crippen LogP contribution in [-0.4, -0.2) is 34.7 Å². The molecular weight excluding hydrogens is 462 g/mol. The second-order valence-electron chi connectivity index (χ2n) is 15.1. The largest absolute Gasteiger partial charge is 0.481 e. The smallest absolute Gasteiger partial charge is 0.309 e. The van der Waals surface area contributed by atoms with Gasteiger partial charge in [0.1, 0.15) is 0 Å². The topological polar surface area (TPSA) is 86.6 Å². The first kappa shape index (κ1) is 27.2. The Morgan fingerprint density at radius 1 is 0.865 bits per heavy atom. The number of carbonyl (C=O) groups is 2. The van der Waals surface area contributed by atoms with Gasteiger partial charge in [-0.2, -0.15) is 0 Å². The number of hydrogen-bond acceptors (Lipinski definition) is 3. The summed E-state index contributed by atoms with van der Waals surface area (Å²) in [5.74, 6) is 1.27. The molecule has 0 aromatic carbocycles. The van der Waals surface area contributed by atoms with Crippen molar-refractivity contribution >= 4 is 11.9 Å². The van der Waals surface area contributed by atoms with E-state index in [-0.39, 0.29) is 46.1 Å². The summed E-state index contributed by atoms with van der Waals surface area (Å²) >= 11 is 0. The normalized spacial score (nSPS) is 52.7. The van der Waals surface area contributed by atoms with Crippen molar-refractivity contribution in [1.29, 1.82) is 0 Å². The molecule has 1 amide bonds. The molecule has 0 saturated heterocycles. The van der Waals surface area contributed by atoms with E-state index >= 15 is 0 Å². The lowest BCUT2D eigenvalue weighted by atomic mass is 9.32. The van der Waals surface area contributed by atoms with E-state index in [4.69, 9.17) is 0 Å². The number of aliphatic hydroxyl groups is 1. The monoisotopic (exact) mass is 513 g/mol. The number of fused-ring (bicyclic) bond motifs is 7. The third kappa shape index (κ3) is 3.37. The molecule has 37 heavy (non-hydrogen) atoms. The van der Waals surface area contributed by atoms with Crippen molar-refractivity contribution in [2.75, 3.05) is 6.61 Å². The van der Waals surface area contributed by atoms with E-state index in [1.165, 1.54) is 5.57 Å². The minimum Gasteiger partial charge on any atom is -0.481 e. The van der Waals surface area contributed by atoms with Gasteiger partial charge in [0.15, 0.2) is 0 Å². The second kappa shape index (κ2) is 8.57. The third-order valence-corrected chi connectivity index (χ3v) is 14.0. The van der Waals surface area contributed by atoms with E-state index in [1.54, 1.807) is 6.92 Å². The summed E-state index contributed by atoms with van der Waals surface area (Å²) in [7, 11) is 0. The Kier molecular flexibility index (Phi) is 6.30. The fourth-order valence-electron chi connectivity index (χ4n) is 12.0. The van der Waals surface area contributed by atoms with Crippen LogP contribution in [0.4, 0.5) is 0 Å². The number of carboxylic acid groups (broad SMARTS) is 1. The highest BCUT2D eigenvalue weighted by Crippen LogP contribution is 2.77. The molecule has 5 rings (SSSR count). The van der Waals surface area contributed by atoms with Crippen LogP contribution >= 0.6 is 0 Å². The Labute approximate surface area is 224 Å². The van der Waals surface area contributed by atoms with Crippen molar-refractivity contribution in [3.05, 3.63) is 12.2 Å². The van der Waals surface area contributed by atoms with Crippen LogP contribution in [0.25, 0.3) is 0 Å². The number of carboxylic acids is 1. The van der Waals surface area contributed by atoms with Gasteiger partial charge in [0.2, 0.25) is 5.91 Å². The minimum absolute atomic E-state index is 0.00491. The van der Waals surface area contributed by atoms with Crippen molar-refractivity contribution < 1.29 is 19.8 Å². The van der Waals surface area contributed by atoms with Gasteiger partial charge >= 0.3 is 5.97 Å². The summed E-state index contributed by atoms with van der Waals surface area (Å²) in [6.45, 7) is 18.0. The molecule has 5 nitrogen and oxygen atoms in total. The Hall–Kier alpha value is -1.36. The first-order chi connectivity index (χ1) is 17.2. The molecule has 3 N–H and O–H groups in total. The van der Waals surface area contributed by atoms with Gasteiger partial charge in [-0.05, 0) is 117 Å². The van der Waals surface area contributed by atoms with E-state index in [1.807, 2.05) is 0 Å². The maximum absolute atomic E-state index is 12.8. The Morgan fingerprint density at radius 2 is 1.57 bits per heavy atom. The molecular formula is C32H51NO4. The molecule has 0 aromatic heterocycles. The number of amides is 1. The first-order valence-corrected chi connectivity index (χ1v) is 15.0. The maximum Gasteiger partial charge on any atom is 0.309 e. The molecule has 0 heterocycles. The zero-order valence-corrected chi connectivity index (χ0v) is 24.2. The van der Waals surface area contributed by atoms with Gasteiger partial charge in [0.25, 0.3) is 0 Å². The van der Waals surface area contributed by atoms with Crippen LogP contribution in [-0.2, 0) is 9.59 Å². The highest BCUT2D eigenvalue weighted by Gasteiger charge is 2.72. The number of aliphatic carboxylic acids is 1. The number of allylic oxidation sites excluding steroid dienone is 1. The van der Waals surface area contributed by atoms with Crippen LogP contribution in [0.1, 0.15) is 106 Å². The Morgan fingerprint density at radius 3 is 2.16 bits per heavy atom. The molecule has 1 unspecified atom stereocenters. The molecule has 0 aliphatic heterocycles. The number of hydrogen-bond donors (Lipinski definition) is 3. The van der Waals surface area contributed by atoms with Crippen LogP contribution in [0, 0.1) is 56.7 Å². The third-order valence-electron chi connectivity index (χ3n) is 14.0. The van der Waals surface area contributed by atoms with Crippen molar-refractivity contribution in [1.82, 2.24) is 5.32 Å². The van der Waals surface area contributed by atoms with E-state index in [0.29, 0.717) is 23.7 Å². The van der Waals surface area contributed by atoms with Gasteiger partial charge in [-0.25, -0.2) is 0 Å². The van der Waals surface area contributed by atoms with Crippen LogP contribution in [0.3, 0.4) is 0 Å². The first-order valence-electron chi connectivity index (χ1n) is 15.0. The molecule has 0 bridgehead atoms. The van der Waals surface area contributed by atoms with E-state index < -0.39 is 11.4 Å². The summed E-state index contributed by atoms with van der Waals surface area (Å²) in [6, 6.07) is 0.0186. The summed E-state index contributed by atoms with van der Waals surface area (Å²) in [5.41, 5.74) is 0.637. The molecule has 0 radical (unpaired) electrons. The number of nitrogens with one attached hydrogen (secondary N) is 1. The molecule has 5 heteroatoms. The standard InChI is InChI=1S/C32H51NO4/c1-19(2)21-10-15-32(27(36)37)17-16-30(6)22(26(21)32)8-9-24-28(4)13-12-25(33-20(3)35)29(5,18-34)23(28)11-14-31(24,30)7/h21-26,34H,1,8-18H2,2-7H3,(H,33,35)(H,36,37)/t21-,22+,23+,24+,25?,26+,28-,29-,30+,31+,32-/m0/s1. The zero-order valence-electron chi connectivity index (χ0n) is 24.2. The number of carbonyl (C=O) groups excluding carboxylic acids is 1. The van der Waals surface area contributed by atoms with E-state index in [0.717, 1.165) is 64.2 Å². The average Bonchev–Trinajstić information content (AvgIpc) is 3.23. The van der Waals surface area contributed by atoms with Gasteiger partial charge in [-0.1, -0.05) is 39.8 Å². The van der Waals surface area contributed by atoms with E-state index in [2.05, 4.69) is 46.5 Å². The lowest BCUT2D eigenvalue weighted by Crippen LogP contribution is -2.68. The summed E-state index contributed by atoms with van der Waals surface area (Å²) in [6.07, 6.45) is 10.0. The van der Waals surface area contributed by atoms with Crippen molar-refractivity contribution in [2.45, 2.75) is 112 Å². The molecule has 0 spiro atoms. The number of aliphatic hydroxyl groups excluding tert-OH is 1. The molecule has 5 aliphatic rings. The van der Waals surface area contributed by atoms with Crippen LogP contribution < -0.4 is 5.32 Å². The maximum atomic E-state index is 12.8. The van der Waals surface area contributed by atoms with E-state index in [9.17, 15) is 19.8 Å². The predicted molar refractivity (Wildman–Crippen MR) is 146 cm³/mol. The second-order valence-corrected chi connectivity index (χ2v) is 15.1. The Bertz CT molecular complexity index is 993. The minimum atomic E-state index is -0.579. The summed E-state index contributed by atoms with van der Waals surface area (Å²) < 4.78 is 0. The molecule has 5 aliphatic carbocycles.